The van der Waals surface area contributed by atoms with Gasteiger partial charge in [-0.05, 0) is 67.1 Å². The van der Waals surface area contributed by atoms with Crippen LogP contribution in [0.15, 0.2) is 60.7 Å². The molecular formula is C22H19F3N4O2. The second-order valence-corrected chi connectivity index (χ2v) is 6.87. The molecule has 9 heteroatoms. The van der Waals surface area contributed by atoms with E-state index in [4.69, 9.17) is 11.5 Å². The highest BCUT2D eigenvalue weighted by atomic mass is 19.4. The molecule has 0 radical (unpaired) electrons. The predicted molar refractivity (Wildman–Crippen MR) is 114 cm³/mol. The molecule has 3 rings (SSSR count). The van der Waals surface area contributed by atoms with E-state index >= 15 is 0 Å². The summed E-state index contributed by atoms with van der Waals surface area (Å²) in [6.45, 7) is 1.79. The molecule has 0 aromatic heterocycles. The molecule has 0 heterocycles. The molecule has 0 unspecified atom stereocenters. The van der Waals surface area contributed by atoms with Crippen molar-refractivity contribution in [3.63, 3.8) is 0 Å². The average molecular weight is 428 g/mol. The van der Waals surface area contributed by atoms with Crippen LogP contribution in [0.1, 0.15) is 31.8 Å². The highest BCUT2D eigenvalue weighted by molar-refractivity contribution is 6.08. The quantitative estimate of drug-likeness (QED) is 0.452. The number of halogens is 3. The Kier molecular flexibility index (Phi) is 5.87. The molecule has 0 aliphatic carbocycles. The van der Waals surface area contributed by atoms with Gasteiger partial charge in [-0.25, -0.2) is 0 Å². The summed E-state index contributed by atoms with van der Waals surface area (Å²) in [5.74, 6) is -1.42. The number of anilines is 4. The SMILES string of the molecule is Cc1cc(N)ccc1NC(=O)c1cccc(NC(=O)c2ccc(N)cc2C(F)(F)F)c1. The summed E-state index contributed by atoms with van der Waals surface area (Å²) in [6.07, 6.45) is -4.75. The maximum absolute atomic E-state index is 13.3. The lowest BCUT2D eigenvalue weighted by atomic mass is 10.0. The van der Waals surface area contributed by atoms with E-state index < -0.39 is 29.1 Å². The number of carbonyl (C=O) groups excluding carboxylic acids is 2. The van der Waals surface area contributed by atoms with Crippen molar-refractivity contribution < 1.29 is 22.8 Å². The molecule has 0 fully saturated rings. The first-order valence-electron chi connectivity index (χ1n) is 9.10. The Hall–Kier alpha value is -4.01. The van der Waals surface area contributed by atoms with Gasteiger partial charge in [0.05, 0.1) is 11.1 Å². The molecule has 0 aliphatic heterocycles. The maximum Gasteiger partial charge on any atom is 0.417 e. The van der Waals surface area contributed by atoms with Gasteiger partial charge in [-0.15, -0.1) is 0 Å². The third-order valence-electron chi connectivity index (χ3n) is 4.47. The number of hydrogen-bond donors (Lipinski definition) is 4. The summed E-state index contributed by atoms with van der Waals surface area (Å²) in [6, 6.07) is 13.8. The van der Waals surface area contributed by atoms with E-state index in [9.17, 15) is 22.8 Å². The van der Waals surface area contributed by atoms with E-state index in [1.54, 1.807) is 25.1 Å². The van der Waals surface area contributed by atoms with Gasteiger partial charge in [-0.1, -0.05) is 6.07 Å². The first-order chi connectivity index (χ1) is 14.5. The normalized spacial score (nSPS) is 11.1. The average Bonchev–Trinajstić information content (AvgIpc) is 2.69. The number of nitrogens with two attached hydrogens (primary N) is 2. The van der Waals surface area contributed by atoms with Crippen LogP contribution in [0.25, 0.3) is 0 Å². The lowest BCUT2D eigenvalue weighted by Crippen LogP contribution is -2.19. The summed E-state index contributed by atoms with van der Waals surface area (Å²) in [4.78, 5) is 25.0. The minimum absolute atomic E-state index is 0.111. The zero-order chi connectivity index (χ0) is 22.8. The van der Waals surface area contributed by atoms with Crippen molar-refractivity contribution in [2.24, 2.45) is 0 Å². The fourth-order valence-electron chi connectivity index (χ4n) is 2.95. The third-order valence-corrected chi connectivity index (χ3v) is 4.47. The number of rotatable bonds is 4. The first kappa shape index (κ1) is 21.7. The Bertz CT molecular complexity index is 1160. The molecule has 6 N–H and O–H groups in total. The van der Waals surface area contributed by atoms with Crippen LogP contribution in [-0.4, -0.2) is 11.8 Å². The van der Waals surface area contributed by atoms with Crippen LogP contribution in [0.2, 0.25) is 0 Å². The van der Waals surface area contributed by atoms with Crippen LogP contribution in [0, 0.1) is 6.92 Å². The number of hydrogen-bond acceptors (Lipinski definition) is 4. The molecule has 6 nitrogen and oxygen atoms in total. The van der Waals surface area contributed by atoms with Crippen LogP contribution in [-0.2, 0) is 6.18 Å². The van der Waals surface area contributed by atoms with Crippen LogP contribution in [0.3, 0.4) is 0 Å². The van der Waals surface area contributed by atoms with Crippen molar-refractivity contribution in [1.82, 2.24) is 0 Å². The number of nitrogen functional groups attached to an aromatic ring is 2. The zero-order valence-corrected chi connectivity index (χ0v) is 16.4. The highest BCUT2D eigenvalue weighted by Crippen LogP contribution is 2.33. The number of carbonyl (C=O) groups is 2. The standard InChI is InChI=1S/C22H19F3N4O2/c1-12-9-14(26)6-8-19(12)29-20(30)13-3-2-4-16(10-13)28-21(31)17-7-5-15(27)11-18(17)22(23,24)25/h2-11H,26-27H2,1H3,(H,28,31)(H,29,30). The largest absolute Gasteiger partial charge is 0.417 e. The van der Waals surface area contributed by atoms with Gasteiger partial charge in [0.2, 0.25) is 0 Å². The molecular weight excluding hydrogens is 409 g/mol. The minimum Gasteiger partial charge on any atom is -0.399 e. The van der Waals surface area contributed by atoms with Crippen molar-refractivity contribution in [3.05, 3.63) is 82.9 Å². The predicted octanol–water partition coefficient (Wildman–Crippen LogP) is 4.68. The second kappa shape index (κ2) is 8.39. The number of aryl methyl sites for hydroxylation is 1. The van der Waals surface area contributed by atoms with Gasteiger partial charge in [0.25, 0.3) is 11.8 Å². The van der Waals surface area contributed by atoms with E-state index in [0.29, 0.717) is 17.4 Å². The van der Waals surface area contributed by atoms with Crippen LogP contribution < -0.4 is 22.1 Å². The maximum atomic E-state index is 13.3. The van der Waals surface area contributed by atoms with E-state index in [1.165, 1.54) is 30.3 Å². The Balaban J connectivity index is 1.81. The van der Waals surface area contributed by atoms with Crippen LogP contribution in [0.4, 0.5) is 35.9 Å². The van der Waals surface area contributed by atoms with Gasteiger partial charge >= 0.3 is 6.18 Å². The van der Waals surface area contributed by atoms with Gasteiger partial charge in [-0.2, -0.15) is 13.2 Å². The van der Waals surface area contributed by atoms with E-state index in [0.717, 1.165) is 11.6 Å². The van der Waals surface area contributed by atoms with Crippen molar-refractivity contribution in [1.29, 1.82) is 0 Å². The molecule has 0 aliphatic rings. The van der Waals surface area contributed by atoms with Crippen molar-refractivity contribution >= 4 is 34.6 Å². The number of nitrogens with one attached hydrogen (secondary N) is 2. The van der Waals surface area contributed by atoms with Gasteiger partial charge in [0.15, 0.2) is 0 Å². The van der Waals surface area contributed by atoms with Crippen molar-refractivity contribution in [3.8, 4) is 0 Å². The molecule has 0 bridgehead atoms. The van der Waals surface area contributed by atoms with Gasteiger partial charge < -0.3 is 22.1 Å². The Morgan fingerprint density at radius 1 is 0.839 bits per heavy atom. The zero-order valence-electron chi connectivity index (χ0n) is 16.4. The molecule has 0 spiro atoms. The molecule has 3 aromatic carbocycles. The molecule has 0 atom stereocenters. The second-order valence-electron chi connectivity index (χ2n) is 6.87. The van der Waals surface area contributed by atoms with Crippen molar-refractivity contribution in [2.45, 2.75) is 13.1 Å². The topological polar surface area (TPSA) is 110 Å². The van der Waals surface area contributed by atoms with Gasteiger partial charge in [0, 0.05) is 28.3 Å². The first-order valence-corrected chi connectivity index (χ1v) is 9.10. The van der Waals surface area contributed by atoms with E-state index in [2.05, 4.69) is 10.6 Å². The van der Waals surface area contributed by atoms with Gasteiger partial charge in [-0.3, -0.25) is 9.59 Å². The third kappa shape index (κ3) is 5.13. The Labute approximate surface area is 176 Å². The fourth-order valence-corrected chi connectivity index (χ4v) is 2.95. The monoisotopic (exact) mass is 428 g/mol. The summed E-state index contributed by atoms with van der Waals surface area (Å²) >= 11 is 0. The molecule has 0 saturated heterocycles. The summed E-state index contributed by atoms with van der Waals surface area (Å²) < 4.78 is 39.8. The smallest absolute Gasteiger partial charge is 0.399 e. The molecule has 3 aromatic rings. The molecule has 31 heavy (non-hydrogen) atoms. The molecule has 160 valence electrons. The van der Waals surface area contributed by atoms with Gasteiger partial charge in [0.1, 0.15) is 0 Å². The number of amides is 2. The summed E-state index contributed by atoms with van der Waals surface area (Å²) in [7, 11) is 0. The van der Waals surface area contributed by atoms with Crippen LogP contribution >= 0.6 is 0 Å². The van der Waals surface area contributed by atoms with E-state index in [1.807, 2.05) is 0 Å². The van der Waals surface area contributed by atoms with E-state index in [-0.39, 0.29) is 16.9 Å². The fraction of sp³-hybridized carbons (Fsp3) is 0.0909. The lowest BCUT2D eigenvalue weighted by molar-refractivity contribution is -0.137. The van der Waals surface area contributed by atoms with Crippen LogP contribution in [0.5, 0.6) is 0 Å². The number of alkyl halides is 3. The lowest BCUT2D eigenvalue weighted by Gasteiger charge is -2.14. The summed E-state index contributed by atoms with van der Waals surface area (Å²) in [5, 5.41) is 5.12. The van der Waals surface area contributed by atoms with Crippen molar-refractivity contribution in [2.75, 3.05) is 22.1 Å². The Morgan fingerprint density at radius 2 is 1.52 bits per heavy atom. The summed E-state index contributed by atoms with van der Waals surface area (Å²) in [5.41, 5.74) is 11.6. The highest BCUT2D eigenvalue weighted by Gasteiger charge is 2.35. The Morgan fingerprint density at radius 3 is 2.19 bits per heavy atom. The molecule has 0 saturated carbocycles. The minimum atomic E-state index is -4.75. The number of benzene rings is 3. The molecule has 2 amide bonds.